The molecular formula is C14H26N2O. The lowest BCUT2D eigenvalue weighted by Crippen LogP contribution is -2.52. The zero-order valence-corrected chi connectivity index (χ0v) is 12.0. The zero-order chi connectivity index (χ0) is 13.2. The first-order valence-electron chi connectivity index (χ1n) is 6.68. The van der Waals surface area contributed by atoms with Crippen molar-refractivity contribution in [2.45, 2.75) is 53.6 Å². The van der Waals surface area contributed by atoms with Gasteiger partial charge in [-0.2, -0.15) is 0 Å². The molecule has 2 unspecified atom stereocenters. The van der Waals surface area contributed by atoms with Gasteiger partial charge < -0.3 is 4.90 Å². The van der Waals surface area contributed by atoms with E-state index in [1.807, 2.05) is 4.90 Å². The second-order valence-corrected chi connectivity index (χ2v) is 5.98. The number of hydrogen-bond acceptors (Lipinski definition) is 2. The van der Waals surface area contributed by atoms with Gasteiger partial charge in [-0.15, -0.1) is 0 Å². The van der Waals surface area contributed by atoms with E-state index in [-0.39, 0.29) is 11.9 Å². The molecule has 1 aliphatic heterocycles. The Morgan fingerprint density at radius 3 is 2.18 bits per heavy atom. The molecule has 0 spiro atoms. The minimum atomic E-state index is 0.0712. The minimum absolute atomic E-state index is 0.0712. The van der Waals surface area contributed by atoms with E-state index < -0.39 is 0 Å². The van der Waals surface area contributed by atoms with Crippen LogP contribution in [-0.2, 0) is 4.79 Å². The highest BCUT2D eigenvalue weighted by Gasteiger charge is 2.36. The zero-order valence-electron chi connectivity index (χ0n) is 12.0. The van der Waals surface area contributed by atoms with Gasteiger partial charge >= 0.3 is 0 Å². The fourth-order valence-electron chi connectivity index (χ4n) is 2.80. The fourth-order valence-corrected chi connectivity index (χ4v) is 2.80. The summed E-state index contributed by atoms with van der Waals surface area (Å²) in [6.45, 7) is 13.8. The Morgan fingerprint density at radius 1 is 1.18 bits per heavy atom. The third-order valence-corrected chi connectivity index (χ3v) is 3.63. The predicted octanol–water partition coefficient (Wildman–Crippen LogP) is 2.60. The minimum Gasteiger partial charge on any atom is -0.332 e. The summed E-state index contributed by atoms with van der Waals surface area (Å²) in [7, 11) is 0. The first-order valence-corrected chi connectivity index (χ1v) is 6.68. The van der Waals surface area contributed by atoms with E-state index in [0.29, 0.717) is 23.8 Å². The molecule has 0 aromatic heterocycles. The Morgan fingerprint density at radius 2 is 1.76 bits per heavy atom. The number of hydrogen-bond donors (Lipinski definition) is 0. The molecule has 0 aromatic carbocycles. The summed E-state index contributed by atoms with van der Waals surface area (Å²) < 4.78 is 0. The number of carbonyl (C=O) groups excluding carboxylic acids is 1. The average molecular weight is 238 g/mol. The first-order chi connectivity index (χ1) is 7.86. The van der Waals surface area contributed by atoms with E-state index in [4.69, 9.17) is 0 Å². The molecular weight excluding hydrogens is 212 g/mol. The third-order valence-electron chi connectivity index (χ3n) is 3.63. The van der Waals surface area contributed by atoms with Crippen molar-refractivity contribution in [1.82, 2.24) is 4.90 Å². The Bertz CT molecular complexity index is 295. The molecule has 2 atom stereocenters. The molecule has 3 nitrogen and oxygen atoms in total. The van der Waals surface area contributed by atoms with Crippen molar-refractivity contribution in [2.24, 2.45) is 22.7 Å². The van der Waals surface area contributed by atoms with Crippen LogP contribution < -0.4 is 0 Å². The quantitative estimate of drug-likeness (QED) is 0.744. The van der Waals surface area contributed by atoms with Gasteiger partial charge in [0.2, 0.25) is 0 Å². The SMILES string of the molecule is CC(C)C1CN=CC(=O)N(C(C)C)C1C(C)C. The van der Waals surface area contributed by atoms with E-state index >= 15 is 0 Å². The van der Waals surface area contributed by atoms with Crippen LogP contribution in [0.1, 0.15) is 41.5 Å². The summed E-state index contributed by atoms with van der Waals surface area (Å²) in [5.41, 5.74) is 0. The van der Waals surface area contributed by atoms with Crippen molar-refractivity contribution in [3.05, 3.63) is 0 Å². The van der Waals surface area contributed by atoms with Gasteiger partial charge in [-0.3, -0.25) is 9.79 Å². The lowest BCUT2D eigenvalue weighted by atomic mass is 9.81. The number of nitrogens with zero attached hydrogens (tertiary/aromatic N) is 2. The molecule has 1 aliphatic rings. The van der Waals surface area contributed by atoms with Gasteiger partial charge in [0.1, 0.15) is 0 Å². The lowest BCUT2D eigenvalue weighted by molar-refractivity contribution is -0.130. The van der Waals surface area contributed by atoms with Crippen molar-refractivity contribution in [3.8, 4) is 0 Å². The second-order valence-electron chi connectivity index (χ2n) is 5.98. The molecule has 1 amide bonds. The molecule has 1 heterocycles. The van der Waals surface area contributed by atoms with E-state index in [1.165, 1.54) is 6.21 Å². The largest absolute Gasteiger partial charge is 0.332 e. The Hall–Kier alpha value is -0.860. The summed E-state index contributed by atoms with van der Waals surface area (Å²) in [5, 5.41) is 0. The van der Waals surface area contributed by atoms with Crippen molar-refractivity contribution in [1.29, 1.82) is 0 Å². The molecule has 0 saturated carbocycles. The maximum atomic E-state index is 12.1. The van der Waals surface area contributed by atoms with Crippen LogP contribution in [0.25, 0.3) is 0 Å². The highest BCUT2D eigenvalue weighted by atomic mass is 16.2. The summed E-state index contributed by atoms with van der Waals surface area (Å²) in [5.74, 6) is 1.55. The van der Waals surface area contributed by atoms with Gasteiger partial charge in [0.05, 0.1) is 6.21 Å². The first kappa shape index (κ1) is 14.2. The summed E-state index contributed by atoms with van der Waals surface area (Å²) in [4.78, 5) is 18.4. The van der Waals surface area contributed by atoms with Gasteiger partial charge in [0.25, 0.3) is 5.91 Å². The van der Waals surface area contributed by atoms with Gasteiger partial charge in [0.15, 0.2) is 0 Å². The summed E-state index contributed by atoms with van der Waals surface area (Å²) in [6.07, 6.45) is 1.51. The molecule has 0 aromatic rings. The van der Waals surface area contributed by atoms with Crippen LogP contribution in [0.5, 0.6) is 0 Å². The monoisotopic (exact) mass is 238 g/mol. The van der Waals surface area contributed by atoms with Crippen LogP contribution in [0.15, 0.2) is 4.99 Å². The molecule has 3 heteroatoms. The van der Waals surface area contributed by atoms with Crippen LogP contribution in [0, 0.1) is 17.8 Å². The normalized spacial score (nSPS) is 26.2. The fraction of sp³-hybridized carbons (Fsp3) is 0.857. The lowest BCUT2D eigenvalue weighted by Gasteiger charge is -2.41. The summed E-state index contributed by atoms with van der Waals surface area (Å²) >= 11 is 0. The Labute approximate surface area is 105 Å². The smallest absolute Gasteiger partial charge is 0.265 e. The Kier molecular flexibility index (Phi) is 4.72. The number of rotatable bonds is 3. The summed E-state index contributed by atoms with van der Waals surface area (Å²) in [6, 6.07) is 0.533. The average Bonchev–Trinajstić information content (AvgIpc) is 2.36. The van der Waals surface area contributed by atoms with Crippen LogP contribution in [-0.4, -0.2) is 35.7 Å². The van der Waals surface area contributed by atoms with Gasteiger partial charge in [0, 0.05) is 24.5 Å². The highest BCUT2D eigenvalue weighted by Crippen LogP contribution is 2.29. The molecule has 0 N–H and O–H groups in total. The van der Waals surface area contributed by atoms with Crippen molar-refractivity contribution in [2.75, 3.05) is 6.54 Å². The molecule has 17 heavy (non-hydrogen) atoms. The van der Waals surface area contributed by atoms with Crippen molar-refractivity contribution >= 4 is 12.1 Å². The maximum absolute atomic E-state index is 12.1. The van der Waals surface area contributed by atoms with Crippen LogP contribution in [0.4, 0.5) is 0 Å². The highest BCUT2D eigenvalue weighted by molar-refractivity contribution is 6.26. The van der Waals surface area contributed by atoms with E-state index in [9.17, 15) is 4.79 Å². The second kappa shape index (κ2) is 5.65. The molecule has 0 aliphatic carbocycles. The van der Waals surface area contributed by atoms with Gasteiger partial charge in [-0.05, 0) is 25.7 Å². The van der Waals surface area contributed by atoms with Crippen LogP contribution in [0.2, 0.25) is 0 Å². The molecule has 98 valence electrons. The van der Waals surface area contributed by atoms with Crippen molar-refractivity contribution < 1.29 is 4.79 Å². The molecule has 0 bridgehead atoms. The van der Waals surface area contributed by atoms with Gasteiger partial charge in [-0.25, -0.2) is 0 Å². The Balaban J connectivity index is 3.10. The molecule has 0 radical (unpaired) electrons. The number of aliphatic imine (C=N–C) groups is 1. The van der Waals surface area contributed by atoms with Crippen LogP contribution >= 0.6 is 0 Å². The number of amides is 1. The third kappa shape index (κ3) is 3.08. The predicted molar refractivity (Wildman–Crippen MR) is 72.3 cm³/mol. The van der Waals surface area contributed by atoms with Crippen molar-refractivity contribution in [3.63, 3.8) is 0 Å². The molecule has 0 saturated heterocycles. The van der Waals surface area contributed by atoms with Gasteiger partial charge in [-0.1, -0.05) is 27.7 Å². The standard InChI is InChI=1S/C14H26N2O/c1-9(2)12-7-15-8-13(17)16(11(5)6)14(12)10(3)4/h8-12,14H,7H2,1-6H3. The van der Waals surface area contributed by atoms with Crippen LogP contribution in [0.3, 0.4) is 0 Å². The maximum Gasteiger partial charge on any atom is 0.265 e. The van der Waals surface area contributed by atoms with E-state index in [0.717, 1.165) is 6.54 Å². The van der Waals surface area contributed by atoms with E-state index in [1.54, 1.807) is 0 Å². The molecule has 1 rings (SSSR count). The molecule has 0 fully saturated rings. The van der Waals surface area contributed by atoms with E-state index in [2.05, 4.69) is 46.5 Å². The number of carbonyl (C=O) groups is 1. The topological polar surface area (TPSA) is 32.7 Å².